The van der Waals surface area contributed by atoms with Crippen LogP contribution in [0.2, 0.25) is 0 Å². The second-order valence-corrected chi connectivity index (χ2v) is 7.94. The average molecular weight is 454 g/mol. The molecule has 0 aliphatic carbocycles. The molecule has 1 aliphatic heterocycles. The van der Waals surface area contributed by atoms with Crippen molar-refractivity contribution in [2.24, 2.45) is 0 Å². The van der Waals surface area contributed by atoms with Crippen molar-refractivity contribution in [1.29, 1.82) is 0 Å². The van der Waals surface area contributed by atoms with Crippen molar-refractivity contribution in [2.75, 3.05) is 31.2 Å². The first kappa shape index (κ1) is 20.3. The van der Waals surface area contributed by atoms with E-state index in [1.165, 1.54) is 0 Å². The lowest BCUT2D eigenvalue weighted by atomic mass is 10.1. The van der Waals surface area contributed by atoms with Crippen LogP contribution in [0.3, 0.4) is 0 Å². The Kier molecular flexibility index (Phi) is 5.32. The second-order valence-electron chi connectivity index (χ2n) is 7.94. The van der Waals surface area contributed by atoms with Gasteiger partial charge in [-0.2, -0.15) is 9.61 Å². The Bertz CT molecular complexity index is 1380. The third kappa shape index (κ3) is 3.84. The first-order valence-corrected chi connectivity index (χ1v) is 11.1. The van der Waals surface area contributed by atoms with Gasteiger partial charge in [-0.1, -0.05) is 42.5 Å². The first-order chi connectivity index (χ1) is 16.9. The fourth-order valence-corrected chi connectivity index (χ4v) is 4.11. The van der Waals surface area contributed by atoms with Crippen LogP contribution in [0.1, 0.15) is 5.56 Å². The zero-order chi connectivity index (χ0) is 22.7. The zero-order valence-electron chi connectivity index (χ0n) is 18.3. The summed E-state index contributed by atoms with van der Waals surface area (Å²) in [5, 5.41) is 18.8. The molecule has 6 rings (SSSR count). The summed E-state index contributed by atoms with van der Waals surface area (Å²) in [4.78, 5) is 7.00. The van der Waals surface area contributed by atoms with E-state index in [4.69, 9.17) is 14.5 Å². The number of aromatic amines is 1. The quantitative estimate of drug-likeness (QED) is 0.417. The number of tetrazole rings is 1. The summed E-state index contributed by atoms with van der Waals surface area (Å²) in [6.07, 6.45) is 3.62. The molecule has 34 heavy (non-hydrogen) atoms. The van der Waals surface area contributed by atoms with Crippen LogP contribution >= 0.6 is 0 Å². The number of hydrogen-bond acceptors (Lipinski definition) is 8. The highest BCUT2D eigenvalue weighted by atomic mass is 16.5. The van der Waals surface area contributed by atoms with Gasteiger partial charge in [0.2, 0.25) is 0 Å². The predicted octanol–water partition coefficient (Wildman–Crippen LogP) is 2.99. The van der Waals surface area contributed by atoms with Crippen LogP contribution < -0.4 is 9.64 Å². The number of aromatic nitrogens is 7. The molecule has 0 unspecified atom stereocenters. The maximum atomic E-state index is 5.96. The van der Waals surface area contributed by atoms with Gasteiger partial charge in [0.15, 0.2) is 11.5 Å². The van der Waals surface area contributed by atoms with Crippen molar-refractivity contribution in [3.63, 3.8) is 0 Å². The molecule has 5 aromatic rings. The van der Waals surface area contributed by atoms with E-state index in [1.807, 2.05) is 41.0 Å². The topological polar surface area (TPSA) is 106 Å². The van der Waals surface area contributed by atoms with Crippen molar-refractivity contribution < 1.29 is 9.47 Å². The van der Waals surface area contributed by atoms with Crippen LogP contribution in [-0.4, -0.2) is 61.5 Å². The van der Waals surface area contributed by atoms with E-state index in [9.17, 15) is 0 Å². The summed E-state index contributed by atoms with van der Waals surface area (Å²) in [6, 6.07) is 18.2. The van der Waals surface area contributed by atoms with Gasteiger partial charge in [0.05, 0.1) is 25.0 Å². The van der Waals surface area contributed by atoms with E-state index in [1.54, 1.807) is 6.20 Å². The third-order valence-electron chi connectivity index (χ3n) is 5.83. The van der Waals surface area contributed by atoms with E-state index in [0.29, 0.717) is 31.3 Å². The summed E-state index contributed by atoms with van der Waals surface area (Å²) in [6.45, 7) is 3.39. The molecule has 4 heterocycles. The SMILES string of the molecule is c1ccc(COc2ccc(-c3cnc4c(-c5nnn[nH]5)cnn4c3N3CCOCC3)cc2)cc1. The van der Waals surface area contributed by atoms with Crippen molar-refractivity contribution in [1.82, 2.24) is 35.2 Å². The molecule has 0 atom stereocenters. The van der Waals surface area contributed by atoms with E-state index in [2.05, 4.69) is 54.9 Å². The molecule has 1 saturated heterocycles. The van der Waals surface area contributed by atoms with Crippen LogP contribution in [0.25, 0.3) is 28.2 Å². The maximum absolute atomic E-state index is 5.96. The molecule has 3 aromatic heterocycles. The van der Waals surface area contributed by atoms with Crippen molar-refractivity contribution in [3.8, 4) is 28.3 Å². The summed E-state index contributed by atoms with van der Waals surface area (Å²) < 4.78 is 13.4. The molecule has 2 aromatic carbocycles. The van der Waals surface area contributed by atoms with Gasteiger partial charge in [-0.3, -0.25) is 0 Å². The van der Waals surface area contributed by atoms with E-state index < -0.39 is 0 Å². The van der Waals surface area contributed by atoms with Crippen LogP contribution in [0.5, 0.6) is 5.75 Å². The Balaban J connectivity index is 1.36. The molecule has 10 nitrogen and oxygen atoms in total. The number of nitrogens with zero attached hydrogens (tertiary/aromatic N) is 7. The van der Waals surface area contributed by atoms with E-state index >= 15 is 0 Å². The molecule has 1 aliphatic rings. The van der Waals surface area contributed by atoms with Gasteiger partial charge in [-0.15, -0.1) is 5.10 Å². The highest BCUT2D eigenvalue weighted by Crippen LogP contribution is 2.34. The van der Waals surface area contributed by atoms with Gasteiger partial charge < -0.3 is 14.4 Å². The molecular weight excluding hydrogens is 432 g/mol. The Morgan fingerprint density at radius 3 is 2.53 bits per heavy atom. The molecular formula is C24H22N8O2. The molecule has 10 heteroatoms. The lowest BCUT2D eigenvalue weighted by Gasteiger charge is -2.30. The monoisotopic (exact) mass is 454 g/mol. The molecule has 0 bridgehead atoms. The van der Waals surface area contributed by atoms with E-state index in [0.717, 1.165) is 46.9 Å². The van der Waals surface area contributed by atoms with Crippen LogP contribution in [-0.2, 0) is 11.3 Å². The highest BCUT2D eigenvalue weighted by molar-refractivity contribution is 5.81. The average Bonchev–Trinajstić information content (AvgIpc) is 3.58. The smallest absolute Gasteiger partial charge is 0.184 e. The zero-order valence-corrected chi connectivity index (χ0v) is 18.3. The summed E-state index contributed by atoms with van der Waals surface area (Å²) in [7, 11) is 0. The maximum Gasteiger partial charge on any atom is 0.184 e. The minimum Gasteiger partial charge on any atom is -0.489 e. The number of hydrogen-bond donors (Lipinski definition) is 1. The molecule has 0 amide bonds. The lowest BCUT2D eigenvalue weighted by molar-refractivity contribution is 0.122. The van der Waals surface area contributed by atoms with Crippen LogP contribution in [0.4, 0.5) is 5.82 Å². The Hall–Kier alpha value is -4.31. The molecule has 1 N–H and O–H groups in total. The first-order valence-electron chi connectivity index (χ1n) is 11.1. The summed E-state index contributed by atoms with van der Waals surface area (Å²) >= 11 is 0. The van der Waals surface area contributed by atoms with Gasteiger partial charge >= 0.3 is 0 Å². The Morgan fingerprint density at radius 1 is 0.941 bits per heavy atom. The highest BCUT2D eigenvalue weighted by Gasteiger charge is 2.23. The van der Waals surface area contributed by atoms with Crippen molar-refractivity contribution in [3.05, 3.63) is 72.6 Å². The van der Waals surface area contributed by atoms with Gasteiger partial charge in [0.1, 0.15) is 18.2 Å². The number of nitrogens with one attached hydrogen (secondary N) is 1. The largest absolute Gasteiger partial charge is 0.489 e. The minimum atomic E-state index is 0.527. The predicted molar refractivity (Wildman–Crippen MR) is 125 cm³/mol. The summed E-state index contributed by atoms with van der Waals surface area (Å²) in [5.41, 5.74) is 4.57. The number of anilines is 1. The normalized spacial score (nSPS) is 13.9. The molecule has 1 fully saturated rings. The number of fused-ring (bicyclic) bond motifs is 1. The van der Waals surface area contributed by atoms with Gasteiger partial charge in [-0.05, 0) is 33.7 Å². The summed E-state index contributed by atoms with van der Waals surface area (Å²) in [5.74, 6) is 2.31. The Morgan fingerprint density at radius 2 is 1.76 bits per heavy atom. The van der Waals surface area contributed by atoms with Gasteiger partial charge in [0, 0.05) is 24.8 Å². The minimum absolute atomic E-state index is 0.527. The number of H-pyrrole nitrogens is 1. The number of benzene rings is 2. The standard InChI is InChI=1S/C24H22N8O2/c1-2-4-17(5-3-1)16-34-19-8-6-18(7-9-19)20-14-25-23-21(22-27-29-30-28-22)15-26-32(23)24(20)31-10-12-33-13-11-31/h1-9,14-15H,10-13,16H2,(H,27,28,29,30). The van der Waals surface area contributed by atoms with Crippen LogP contribution in [0, 0.1) is 0 Å². The number of morpholine rings is 1. The van der Waals surface area contributed by atoms with Gasteiger partial charge in [-0.25, -0.2) is 10.1 Å². The number of rotatable bonds is 6. The van der Waals surface area contributed by atoms with E-state index in [-0.39, 0.29) is 0 Å². The van der Waals surface area contributed by atoms with Crippen molar-refractivity contribution in [2.45, 2.75) is 6.61 Å². The molecule has 0 spiro atoms. The molecule has 170 valence electrons. The Labute approximate surface area is 195 Å². The molecule has 0 saturated carbocycles. The third-order valence-corrected chi connectivity index (χ3v) is 5.83. The van der Waals surface area contributed by atoms with Crippen LogP contribution in [0.15, 0.2) is 67.0 Å². The molecule has 0 radical (unpaired) electrons. The van der Waals surface area contributed by atoms with Gasteiger partial charge in [0.25, 0.3) is 0 Å². The fourth-order valence-electron chi connectivity index (χ4n) is 4.11. The van der Waals surface area contributed by atoms with Crippen molar-refractivity contribution >= 4 is 11.5 Å². The second kappa shape index (κ2) is 8.91. The fraction of sp³-hybridized carbons (Fsp3) is 0.208. The number of ether oxygens (including phenoxy) is 2. The lowest BCUT2D eigenvalue weighted by Crippen LogP contribution is -2.37.